The Morgan fingerprint density at radius 2 is 1.88 bits per heavy atom. The monoisotopic (exact) mass is 375 g/mol. The first kappa shape index (κ1) is 18.1. The van der Waals surface area contributed by atoms with E-state index in [2.05, 4.69) is 9.97 Å². The summed E-state index contributed by atoms with van der Waals surface area (Å²) in [4.78, 5) is 44.9. The molecule has 0 radical (unpaired) electrons. The van der Waals surface area contributed by atoms with Gasteiger partial charge in [-0.2, -0.15) is 0 Å². The molecule has 1 amide bonds. The summed E-state index contributed by atoms with van der Waals surface area (Å²) in [6.07, 6.45) is 2.33. The fraction of sp³-hybridized carbons (Fsp3) is 0.333. The van der Waals surface area contributed by atoms with Crippen LogP contribution in [-0.2, 0) is 9.53 Å². The van der Waals surface area contributed by atoms with Crippen LogP contribution in [0.1, 0.15) is 23.2 Å². The van der Waals surface area contributed by atoms with Crippen LogP contribution in [0, 0.1) is 5.92 Å². The lowest BCUT2D eigenvalue weighted by Gasteiger charge is -2.30. The molecule has 1 N–H and O–H groups in total. The molecule has 0 spiro atoms. The van der Waals surface area contributed by atoms with Gasteiger partial charge in [0.15, 0.2) is 0 Å². The fourth-order valence-electron chi connectivity index (χ4n) is 2.96. The van der Waals surface area contributed by atoms with E-state index in [-0.39, 0.29) is 23.4 Å². The lowest BCUT2D eigenvalue weighted by molar-refractivity contribution is -0.146. The number of nitrogens with one attached hydrogen (secondary N) is 1. The zero-order chi connectivity index (χ0) is 18.7. The van der Waals surface area contributed by atoms with Gasteiger partial charge in [0.25, 0.3) is 11.5 Å². The summed E-state index contributed by atoms with van der Waals surface area (Å²) in [5.41, 5.74) is 0.189. The molecule has 1 fully saturated rings. The summed E-state index contributed by atoms with van der Waals surface area (Å²) >= 11 is 5.85. The van der Waals surface area contributed by atoms with E-state index < -0.39 is 5.56 Å². The maximum Gasteiger partial charge on any atom is 0.308 e. The van der Waals surface area contributed by atoms with Crippen molar-refractivity contribution >= 4 is 23.5 Å². The van der Waals surface area contributed by atoms with Crippen LogP contribution in [0.15, 0.2) is 35.3 Å². The van der Waals surface area contributed by atoms with Gasteiger partial charge in [-0.05, 0) is 37.1 Å². The predicted molar refractivity (Wildman–Crippen MR) is 95.9 cm³/mol. The van der Waals surface area contributed by atoms with E-state index in [4.69, 9.17) is 16.3 Å². The van der Waals surface area contributed by atoms with Crippen LogP contribution in [0.3, 0.4) is 0 Å². The predicted octanol–water partition coefficient (Wildman–Crippen LogP) is 2.12. The van der Waals surface area contributed by atoms with Gasteiger partial charge < -0.3 is 14.6 Å². The highest BCUT2D eigenvalue weighted by Gasteiger charge is 2.29. The maximum atomic E-state index is 12.6. The minimum Gasteiger partial charge on any atom is -0.469 e. The maximum absolute atomic E-state index is 12.6. The van der Waals surface area contributed by atoms with E-state index in [0.29, 0.717) is 42.3 Å². The number of hydrogen-bond acceptors (Lipinski definition) is 5. The molecule has 7 nitrogen and oxygen atoms in total. The number of carbonyl (C=O) groups is 2. The van der Waals surface area contributed by atoms with Crippen molar-refractivity contribution in [1.82, 2.24) is 14.9 Å². The number of piperidine rings is 1. The van der Waals surface area contributed by atoms with E-state index in [9.17, 15) is 14.4 Å². The summed E-state index contributed by atoms with van der Waals surface area (Å²) in [6.45, 7) is 0.800. The summed E-state index contributed by atoms with van der Waals surface area (Å²) in [5, 5.41) is 0.582. The van der Waals surface area contributed by atoms with Crippen LogP contribution in [0.4, 0.5) is 0 Å². The summed E-state index contributed by atoms with van der Waals surface area (Å²) in [5.74, 6) is -0.478. The topological polar surface area (TPSA) is 92.4 Å². The van der Waals surface area contributed by atoms with Crippen LogP contribution in [0.2, 0.25) is 5.02 Å². The molecular formula is C18H18ClN3O4. The van der Waals surface area contributed by atoms with Crippen molar-refractivity contribution in [2.24, 2.45) is 5.92 Å². The van der Waals surface area contributed by atoms with Gasteiger partial charge in [-0.25, -0.2) is 4.98 Å². The molecule has 0 bridgehead atoms. The minimum atomic E-state index is -0.495. The Morgan fingerprint density at radius 3 is 2.46 bits per heavy atom. The molecule has 1 saturated heterocycles. The summed E-state index contributed by atoms with van der Waals surface area (Å²) in [6, 6.07) is 6.86. The van der Waals surface area contributed by atoms with Crippen LogP contribution < -0.4 is 5.56 Å². The second-order valence-corrected chi connectivity index (χ2v) is 6.51. The second-order valence-electron chi connectivity index (χ2n) is 6.07. The van der Waals surface area contributed by atoms with Gasteiger partial charge in [0.1, 0.15) is 11.4 Å². The molecule has 2 heterocycles. The van der Waals surface area contributed by atoms with Crippen molar-refractivity contribution in [2.75, 3.05) is 20.2 Å². The third kappa shape index (κ3) is 3.77. The SMILES string of the molecule is COC(=O)C1CCN(C(=O)c2cnc(-c3ccc(Cl)cc3)[nH]c2=O)CC1. The number of halogens is 1. The highest BCUT2D eigenvalue weighted by Crippen LogP contribution is 2.20. The molecule has 1 aromatic carbocycles. The van der Waals surface area contributed by atoms with Gasteiger partial charge in [0, 0.05) is 29.9 Å². The molecule has 1 aromatic heterocycles. The minimum absolute atomic E-state index is 0.0146. The lowest BCUT2D eigenvalue weighted by atomic mass is 9.96. The number of amides is 1. The number of esters is 1. The number of H-pyrrole nitrogens is 1. The quantitative estimate of drug-likeness (QED) is 0.829. The van der Waals surface area contributed by atoms with E-state index in [0.717, 1.165) is 0 Å². The Balaban J connectivity index is 1.74. The number of ether oxygens (including phenoxy) is 1. The average Bonchev–Trinajstić information content (AvgIpc) is 2.67. The third-order valence-corrected chi connectivity index (χ3v) is 4.72. The van der Waals surface area contributed by atoms with E-state index in [1.807, 2.05) is 0 Å². The number of nitrogens with zero attached hydrogens (tertiary/aromatic N) is 2. The van der Waals surface area contributed by atoms with Crippen molar-refractivity contribution in [2.45, 2.75) is 12.8 Å². The molecule has 1 aliphatic heterocycles. The van der Waals surface area contributed by atoms with E-state index in [1.54, 1.807) is 29.2 Å². The smallest absolute Gasteiger partial charge is 0.308 e. The van der Waals surface area contributed by atoms with Crippen LogP contribution in [-0.4, -0.2) is 46.9 Å². The number of carbonyl (C=O) groups excluding carboxylic acids is 2. The average molecular weight is 376 g/mol. The third-order valence-electron chi connectivity index (χ3n) is 4.46. The molecule has 3 rings (SSSR count). The first-order chi connectivity index (χ1) is 12.5. The molecule has 1 aliphatic rings. The Morgan fingerprint density at radius 1 is 1.23 bits per heavy atom. The van der Waals surface area contributed by atoms with Gasteiger partial charge in [-0.15, -0.1) is 0 Å². The Hall–Kier alpha value is -2.67. The normalized spacial score (nSPS) is 14.9. The number of benzene rings is 1. The molecular weight excluding hydrogens is 358 g/mol. The Labute approximate surface area is 155 Å². The van der Waals surface area contributed by atoms with Crippen molar-refractivity contribution < 1.29 is 14.3 Å². The zero-order valence-corrected chi connectivity index (χ0v) is 15.0. The first-order valence-electron chi connectivity index (χ1n) is 8.22. The van der Waals surface area contributed by atoms with Gasteiger partial charge >= 0.3 is 5.97 Å². The molecule has 26 heavy (non-hydrogen) atoms. The van der Waals surface area contributed by atoms with E-state index >= 15 is 0 Å². The molecule has 0 unspecified atom stereocenters. The molecule has 0 saturated carbocycles. The van der Waals surface area contributed by atoms with Gasteiger partial charge in [-0.3, -0.25) is 14.4 Å². The molecule has 0 aliphatic carbocycles. The molecule has 136 valence electrons. The van der Waals surface area contributed by atoms with Crippen LogP contribution in [0.5, 0.6) is 0 Å². The number of rotatable bonds is 3. The van der Waals surface area contributed by atoms with Crippen LogP contribution >= 0.6 is 11.6 Å². The number of methoxy groups -OCH3 is 1. The second kappa shape index (κ2) is 7.70. The highest BCUT2D eigenvalue weighted by molar-refractivity contribution is 6.30. The summed E-state index contributed by atoms with van der Waals surface area (Å²) < 4.78 is 4.74. The van der Waals surface area contributed by atoms with Crippen molar-refractivity contribution in [3.63, 3.8) is 0 Å². The molecule has 0 atom stereocenters. The number of hydrogen-bond donors (Lipinski definition) is 1. The van der Waals surface area contributed by atoms with Crippen molar-refractivity contribution in [3.05, 3.63) is 51.4 Å². The number of likely N-dealkylation sites (tertiary alicyclic amines) is 1. The first-order valence-corrected chi connectivity index (χ1v) is 8.59. The van der Waals surface area contributed by atoms with Crippen molar-refractivity contribution in [1.29, 1.82) is 0 Å². The van der Waals surface area contributed by atoms with Gasteiger partial charge in [0.05, 0.1) is 13.0 Å². The van der Waals surface area contributed by atoms with Crippen LogP contribution in [0.25, 0.3) is 11.4 Å². The summed E-state index contributed by atoms with van der Waals surface area (Å²) in [7, 11) is 1.35. The molecule has 2 aromatic rings. The highest BCUT2D eigenvalue weighted by atomic mass is 35.5. The Kier molecular flexibility index (Phi) is 5.37. The number of aromatic nitrogens is 2. The van der Waals surface area contributed by atoms with E-state index in [1.165, 1.54) is 13.3 Å². The van der Waals surface area contributed by atoms with Gasteiger partial charge in [0.2, 0.25) is 0 Å². The molecule has 8 heteroatoms. The zero-order valence-electron chi connectivity index (χ0n) is 14.2. The largest absolute Gasteiger partial charge is 0.469 e. The lowest BCUT2D eigenvalue weighted by Crippen LogP contribution is -2.42. The number of aromatic amines is 1. The fourth-order valence-corrected chi connectivity index (χ4v) is 3.08. The van der Waals surface area contributed by atoms with Crippen molar-refractivity contribution in [3.8, 4) is 11.4 Å². The Bertz CT molecular complexity index is 871. The van der Waals surface area contributed by atoms with Gasteiger partial charge in [-0.1, -0.05) is 11.6 Å². The standard InChI is InChI=1S/C18H18ClN3O4/c1-26-18(25)12-6-8-22(9-7-12)17(24)14-10-20-15(21-16(14)23)11-2-4-13(19)5-3-11/h2-5,10,12H,6-9H2,1H3,(H,20,21,23).